The van der Waals surface area contributed by atoms with Gasteiger partial charge in [0.15, 0.2) is 0 Å². The van der Waals surface area contributed by atoms with Crippen LogP contribution in [0.4, 0.5) is 17.6 Å². The van der Waals surface area contributed by atoms with Crippen molar-refractivity contribution in [2.45, 2.75) is 32.6 Å². The largest absolute Gasteiger partial charge is 0.417 e. The Labute approximate surface area is 143 Å². The summed E-state index contributed by atoms with van der Waals surface area (Å²) in [4.78, 5) is 4.06. The molecule has 0 bridgehead atoms. The Hall–Kier alpha value is -1.99. The molecule has 7 heteroatoms. The summed E-state index contributed by atoms with van der Waals surface area (Å²) in [6.45, 7) is 3.68. The number of aromatic nitrogens is 1. The van der Waals surface area contributed by atoms with Gasteiger partial charge in [-0.3, -0.25) is 0 Å². The number of halogens is 4. The summed E-state index contributed by atoms with van der Waals surface area (Å²) in [6, 6.07) is 7.14. The van der Waals surface area contributed by atoms with Crippen molar-refractivity contribution in [1.29, 1.82) is 0 Å². The molecule has 2 rings (SSSR count). The van der Waals surface area contributed by atoms with Crippen molar-refractivity contribution in [3.8, 4) is 11.3 Å². The molecule has 2 aromatic rings. The van der Waals surface area contributed by atoms with Gasteiger partial charge in [0.1, 0.15) is 5.82 Å². The van der Waals surface area contributed by atoms with E-state index in [2.05, 4.69) is 10.3 Å². The van der Waals surface area contributed by atoms with Crippen LogP contribution >= 0.6 is 0 Å². The summed E-state index contributed by atoms with van der Waals surface area (Å²) in [6.07, 6.45) is -4.52. The highest BCUT2D eigenvalue weighted by molar-refractivity contribution is 5.64. The quantitative estimate of drug-likeness (QED) is 0.769. The van der Waals surface area contributed by atoms with Crippen molar-refractivity contribution in [1.82, 2.24) is 10.3 Å². The summed E-state index contributed by atoms with van der Waals surface area (Å²) in [5, 5.41) is 12.3. The Bertz CT molecular complexity index is 716. The molecule has 1 aromatic heterocycles. The fraction of sp³-hybridized carbons (Fsp3) is 0.389. The predicted octanol–water partition coefficient (Wildman–Crippen LogP) is 4.01. The van der Waals surface area contributed by atoms with E-state index >= 15 is 0 Å². The van der Waals surface area contributed by atoms with Crippen molar-refractivity contribution >= 4 is 0 Å². The molecule has 0 unspecified atom stereocenters. The fourth-order valence-electron chi connectivity index (χ4n) is 2.45. The van der Waals surface area contributed by atoms with Crippen LogP contribution < -0.4 is 5.32 Å². The molecule has 2 N–H and O–H groups in total. The molecule has 25 heavy (non-hydrogen) atoms. The molecule has 0 radical (unpaired) electrons. The van der Waals surface area contributed by atoms with E-state index in [-0.39, 0.29) is 42.1 Å². The van der Waals surface area contributed by atoms with Crippen molar-refractivity contribution in [3.05, 3.63) is 53.5 Å². The number of aliphatic hydroxyl groups excluding tert-OH is 1. The molecule has 1 aromatic carbocycles. The van der Waals surface area contributed by atoms with Crippen LogP contribution in [0.2, 0.25) is 0 Å². The van der Waals surface area contributed by atoms with Gasteiger partial charge in [-0.15, -0.1) is 0 Å². The maximum atomic E-state index is 14.0. The zero-order valence-electron chi connectivity index (χ0n) is 13.9. The van der Waals surface area contributed by atoms with Gasteiger partial charge in [-0.1, -0.05) is 32.0 Å². The molecule has 0 fully saturated rings. The molecule has 136 valence electrons. The highest BCUT2D eigenvalue weighted by Crippen LogP contribution is 2.36. The number of aliphatic hydroxyl groups is 1. The molecule has 0 saturated heterocycles. The first-order valence-corrected chi connectivity index (χ1v) is 7.90. The molecular weight excluding hydrogens is 336 g/mol. The Morgan fingerprint density at radius 2 is 1.80 bits per heavy atom. The standard InChI is InChI=1S/C18H20F4N2O/c1-11(2)17(10-25)23-9-16-14(19)7-8-15(24-16)12-5-3-4-6-13(12)18(20,21)22/h3-8,11,17,23,25H,9-10H2,1-2H3/t17-/m0/s1. The summed E-state index contributed by atoms with van der Waals surface area (Å²) in [7, 11) is 0. The van der Waals surface area contributed by atoms with Crippen molar-refractivity contribution in [2.75, 3.05) is 6.61 Å². The maximum absolute atomic E-state index is 14.0. The SMILES string of the molecule is CC(C)[C@H](CO)NCc1nc(-c2ccccc2C(F)(F)F)ccc1F. The molecular formula is C18H20F4N2O. The molecule has 1 heterocycles. The van der Waals surface area contributed by atoms with Gasteiger partial charge in [-0.2, -0.15) is 13.2 Å². The molecule has 0 aliphatic rings. The van der Waals surface area contributed by atoms with Gasteiger partial charge < -0.3 is 10.4 Å². The van der Waals surface area contributed by atoms with Crippen LogP contribution in [-0.2, 0) is 12.7 Å². The number of benzene rings is 1. The normalized spacial score (nSPS) is 13.3. The van der Waals surface area contributed by atoms with E-state index in [1.54, 1.807) is 0 Å². The van der Waals surface area contributed by atoms with Gasteiger partial charge in [-0.25, -0.2) is 9.37 Å². The Morgan fingerprint density at radius 3 is 2.40 bits per heavy atom. The minimum atomic E-state index is -4.52. The van der Waals surface area contributed by atoms with Crippen molar-refractivity contribution in [3.63, 3.8) is 0 Å². The van der Waals surface area contributed by atoms with Gasteiger partial charge in [0.2, 0.25) is 0 Å². The Balaban J connectivity index is 2.34. The lowest BCUT2D eigenvalue weighted by molar-refractivity contribution is -0.137. The number of rotatable bonds is 6. The van der Waals surface area contributed by atoms with E-state index in [0.29, 0.717) is 0 Å². The van der Waals surface area contributed by atoms with Crippen LogP contribution in [-0.4, -0.2) is 22.7 Å². The van der Waals surface area contributed by atoms with E-state index in [1.807, 2.05) is 13.8 Å². The third-order valence-electron chi connectivity index (χ3n) is 3.96. The third-order valence-corrected chi connectivity index (χ3v) is 3.96. The zero-order valence-corrected chi connectivity index (χ0v) is 13.9. The first-order valence-electron chi connectivity index (χ1n) is 7.90. The van der Waals surface area contributed by atoms with Crippen molar-refractivity contribution < 1.29 is 22.7 Å². The summed E-state index contributed by atoms with van der Waals surface area (Å²) < 4.78 is 53.5. The fourth-order valence-corrected chi connectivity index (χ4v) is 2.45. The lowest BCUT2D eigenvalue weighted by atomic mass is 10.0. The monoisotopic (exact) mass is 356 g/mol. The lowest BCUT2D eigenvalue weighted by Crippen LogP contribution is -2.37. The molecule has 1 atom stereocenters. The Kier molecular flexibility index (Phi) is 6.13. The van der Waals surface area contributed by atoms with Gasteiger partial charge in [0, 0.05) is 18.2 Å². The second-order valence-corrected chi connectivity index (χ2v) is 6.08. The molecule has 3 nitrogen and oxygen atoms in total. The molecule has 0 spiro atoms. The minimum Gasteiger partial charge on any atom is -0.395 e. The van der Waals surface area contributed by atoms with Gasteiger partial charge >= 0.3 is 6.18 Å². The molecule has 0 aliphatic heterocycles. The Morgan fingerprint density at radius 1 is 1.12 bits per heavy atom. The van der Waals surface area contributed by atoms with E-state index in [9.17, 15) is 22.7 Å². The van der Waals surface area contributed by atoms with Crippen molar-refractivity contribution in [2.24, 2.45) is 5.92 Å². The number of hydrogen-bond acceptors (Lipinski definition) is 3. The van der Waals surface area contributed by atoms with Crippen LogP contribution in [0.15, 0.2) is 36.4 Å². The number of hydrogen-bond donors (Lipinski definition) is 2. The maximum Gasteiger partial charge on any atom is 0.417 e. The second-order valence-electron chi connectivity index (χ2n) is 6.08. The lowest BCUT2D eigenvalue weighted by Gasteiger charge is -2.20. The molecule has 0 aliphatic carbocycles. The summed E-state index contributed by atoms with van der Waals surface area (Å²) in [5.74, 6) is -0.497. The third kappa shape index (κ3) is 4.76. The summed E-state index contributed by atoms with van der Waals surface area (Å²) >= 11 is 0. The van der Waals surface area contributed by atoms with E-state index in [4.69, 9.17) is 0 Å². The van der Waals surface area contributed by atoms with E-state index in [0.717, 1.165) is 12.1 Å². The smallest absolute Gasteiger partial charge is 0.395 e. The molecule has 0 amide bonds. The highest BCUT2D eigenvalue weighted by atomic mass is 19.4. The first kappa shape index (κ1) is 19.3. The number of pyridine rings is 1. The van der Waals surface area contributed by atoms with E-state index < -0.39 is 17.6 Å². The van der Waals surface area contributed by atoms with Crippen LogP contribution in [0.1, 0.15) is 25.1 Å². The zero-order chi connectivity index (χ0) is 18.6. The highest BCUT2D eigenvalue weighted by Gasteiger charge is 2.33. The van der Waals surface area contributed by atoms with Gasteiger partial charge in [0.25, 0.3) is 0 Å². The number of nitrogens with one attached hydrogen (secondary N) is 1. The average Bonchev–Trinajstić information content (AvgIpc) is 2.56. The summed E-state index contributed by atoms with van der Waals surface area (Å²) in [5.41, 5.74) is -0.855. The first-order chi connectivity index (χ1) is 11.7. The van der Waals surface area contributed by atoms with Crippen LogP contribution in [0, 0.1) is 11.7 Å². The number of nitrogens with zero attached hydrogens (tertiary/aromatic N) is 1. The van der Waals surface area contributed by atoms with Gasteiger partial charge in [0.05, 0.1) is 23.6 Å². The van der Waals surface area contributed by atoms with Crippen LogP contribution in [0.5, 0.6) is 0 Å². The van der Waals surface area contributed by atoms with Crippen LogP contribution in [0.3, 0.4) is 0 Å². The van der Waals surface area contributed by atoms with Crippen LogP contribution in [0.25, 0.3) is 11.3 Å². The minimum absolute atomic E-state index is 0.00794. The number of alkyl halides is 3. The predicted molar refractivity (Wildman–Crippen MR) is 87.2 cm³/mol. The average molecular weight is 356 g/mol. The van der Waals surface area contributed by atoms with Gasteiger partial charge in [-0.05, 0) is 24.1 Å². The topological polar surface area (TPSA) is 45.1 Å². The molecule has 0 saturated carbocycles. The second kappa shape index (κ2) is 7.93. The van der Waals surface area contributed by atoms with E-state index in [1.165, 1.54) is 24.3 Å².